The number of sulfonamides is 1. The van der Waals surface area contributed by atoms with E-state index in [1.807, 2.05) is 18.2 Å². The number of thiazole rings is 1. The predicted octanol–water partition coefficient (Wildman–Crippen LogP) is 5.53. The van der Waals surface area contributed by atoms with Gasteiger partial charge in [0.25, 0.3) is 11.5 Å². The maximum absolute atomic E-state index is 13.8. The van der Waals surface area contributed by atoms with E-state index in [0.29, 0.717) is 18.7 Å². The fraction of sp³-hybridized carbons (Fsp3) is 0.286. The number of nitrogens with one attached hydrogen (secondary N) is 1. The van der Waals surface area contributed by atoms with Gasteiger partial charge in [0.15, 0.2) is 5.57 Å². The molecule has 4 aromatic rings. The van der Waals surface area contributed by atoms with Gasteiger partial charge in [-0.2, -0.15) is 22.7 Å². The van der Waals surface area contributed by atoms with Crippen molar-refractivity contribution >= 4 is 44.6 Å². The molecule has 0 bridgehead atoms. The molecule has 0 radical (unpaired) electrons. The summed E-state index contributed by atoms with van der Waals surface area (Å²) in [5, 5.41) is 12.7. The van der Waals surface area contributed by atoms with E-state index < -0.39 is 38.8 Å². The minimum Gasteiger partial charge on any atom is -0.321 e. The van der Waals surface area contributed by atoms with E-state index in [4.69, 9.17) is 0 Å². The lowest BCUT2D eigenvalue weighted by Gasteiger charge is -2.26. The lowest BCUT2D eigenvalue weighted by molar-refractivity contribution is -0.137. The second-order valence-corrected chi connectivity index (χ2v) is 15.4. The van der Waals surface area contributed by atoms with Crippen LogP contribution in [0.15, 0.2) is 82.5 Å². The summed E-state index contributed by atoms with van der Waals surface area (Å²) in [6, 6.07) is 18.9. The molecule has 250 valence electrons. The SMILES string of the molecule is CC(C)(C)c1ccc(C=c2sc(=C(C#N)C(=O)Nc3cccc(S(=O)(=O)N4CCCCC4)c3)n(-c3cccc(C(F)(F)F)c3)c2=O)cc1. The van der Waals surface area contributed by atoms with Gasteiger partial charge in [-0.05, 0) is 71.9 Å². The van der Waals surface area contributed by atoms with E-state index in [1.165, 1.54) is 34.6 Å². The van der Waals surface area contributed by atoms with Crippen LogP contribution in [0.1, 0.15) is 56.7 Å². The van der Waals surface area contributed by atoms with Crippen molar-refractivity contribution in [1.29, 1.82) is 5.26 Å². The van der Waals surface area contributed by atoms with Crippen LogP contribution in [0.25, 0.3) is 17.3 Å². The maximum atomic E-state index is 13.8. The lowest BCUT2D eigenvalue weighted by Crippen LogP contribution is -2.35. The molecule has 1 N–H and O–H groups in total. The molecule has 0 unspecified atom stereocenters. The molecule has 1 aliphatic heterocycles. The Labute approximate surface area is 280 Å². The molecular formula is C35H33F3N4O4S2. The zero-order valence-electron chi connectivity index (χ0n) is 26.5. The number of piperidine rings is 1. The van der Waals surface area contributed by atoms with E-state index in [0.717, 1.165) is 58.9 Å². The van der Waals surface area contributed by atoms with E-state index in [2.05, 4.69) is 26.1 Å². The van der Waals surface area contributed by atoms with Crippen molar-refractivity contribution in [2.45, 2.75) is 56.5 Å². The van der Waals surface area contributed by atoms with Crippen LogP contribution in [0.4, 0.5) is 18.9 Å². The first-order valence-electron chi connectivity index (χ1n) is 15.2. The summed E-state index contributed by atoms with van der Waals surface area (Å²) in [5.41, 5.74) is -0.796. The first-order valence-corrected chi connectivity index (χ1v) is 17.4. The summed E-state index contributed by atoms with van der Waals surface area (Å²) >= 11 is 0.787. The third-order valence-corrected chi connectivity index (χ3v) is 10.9. The molecule has 1 aliphatic rings. The van der Waals surface area contributed by atoms with E-state index in [-0.39, 0.29) is 30.9 Å². The Morgan fingerprint density at radius 3 is 2.23 bits per heavy atom. The van der Waals surface area contributed by atoms with Crippen LogP contribution in [0.5, 0.6) is 0 Å². The normalized spacial score (nSPS) is 15.6. The highest BCUT2D eigenvalue weighted by Crippen LogP contribution is 2.30. The van der Waals surface area contributed by atoms with Crippen LogP contribution in [-0.4, -0.2) is 36.3 Å². The third kappa shape index (κ3) is 7.46. The molecule has 0 saturated carbocycles. The van der Waals surface area contributed by atoms with E-state index >= 15 is 0 Å². The number of amides is 1. The van der Waals surface area contributed by atoms with Crippen molar-refractivity contribution in [2.75, 3.05) is 18.4 Å². The molecule has 1 aromatic heterocycles. The molecule has 1 saturated heterocycles. The first-order chi connectivity index (χ1) is 22.6. The second-order valence-electron chi connectivity index (χ2n) is 12.4. The largest absolute Gasteiger partial charge is 0.416 e. The van der Waals surface area contributed by atoms with Gasteiger partial charge in [0, 0.05) is 18.8 Å². The number of hydrogen-bond donors (Lipinski definition) is 1. The number of anilines is 1. The van der Waals surface area contributed by atoms with Crippen LogP contribution in [0.3, 0.4) is 0 Å². The van der Waals surface area contributed by atoms with Crippen molar-refractivity contribution in [2.24, 2.45) is 0 Å². The number of aromatic nitrogens is 1. The zero-order chi connectivity index (χ0) is 34.9. The minimum absolute atomic E-state index is 0.0351. The van der Waals surface area contributed by atoms with Crippen molar-refractivity contribution in [1.82, 2.24) is 8.87 Å². The number of nitrogens with zero attached hydrogens (tertiary/aromatic N) is 3. The smallest absolute Gasteiger partial charge is 0.321 e. The molecule has 0 atom stereocenters. The van der Waals surface area contributed by atoms with Gasteiger partial charge in [-0.1, -0.05) is 63.6 Å². The summed E-state index contributed by atoms with van der Waals surface area (Å²) in [4.78, 5) is 27.4. The average Bonchev–Trinajstić information content (AvgIpc) is 3.36. The number of alkyl halides is 3. The highest BCUT2D eigenvalue weighted by Gasteiger charge is 2.31. The summed E-state index contributed by atoms with van der Waals surface area (Å²) in [6.45, 7) is 6.94. The van der Waals surface area contributed by atoms with E-state index in [1.54, 1.807) is 18.2 Å². The number of carbonyl (C=O) groups is 1. The van der Waals surface area contributed by atoms with Gasteiger partial charge in [0.2, 0.25) is 10.0 Å². The fourth-order valence-electron chi connectivity index (χ4n) is 5.31. The standard InChI is InChI=1S/C35H33F3N4O4S2/c1-34(2,3)24-15-13-23(14-16-24)19-30-32(44)42(27-11-7-9-25(20-27)35(36,37)38)33(47-30)29(22-39)31(43)40-26-10-8-12-28(21-26)48(45,46)41-17-5-4-6-18-41/h7-16,19-21H,4-6,17-18H2,1-3H3,(H,40,43). The summed E-state index contributed by atoms with van der Waals surface area (Å²) in [7, 11) is -3.83. The Morgan fingerprint density at radius 2 is 1.60 bits per heavy atom. The Balaban J connectivity index is 1.63. The Kier molecular flexibility index (Phi) is 9.82. The highest BCUT2D eigenvalue weighted by molar-refractivity contribution is 7.89. The molecule has 5 rings (SSSR count). The number of hydrogen-bond acceptors (Lipinski definition) is 6. The summed E-state index contributed by atoms with van der Waals surface area (Å²) in [6.07, 6.45) is -0.738. The van der Waals surface area contributed by atoms with Gasteiger partial charge in [0.05, 0.1) is 20.7 Å². The van der Waals surface area contributed by atoms with Gasteiger partial charge < -0.3 is 5.32 Å². The van der Waals surface area contributed by atoms with Crippen LogP contribution in [0, 0.1) is 11.3 Å². The van der Waals surface area contributed by atoms with Gasteiger partial charge >= 0.3 is 6.18 Å². The number of halogens is 3. The zero-order valence-corrected chi connectivity index (χ0v) is 28.1. The number of benzene rings is 3. The molecule has 1 amide bonds. The molecule has 48 heavy (non-hydrogen) atoms. The minimum atomic E-state index is -4.71. The van der Waals surface area contributed by atoms with Crippen molar-refractivity contribution in [3.8, 4) is 11.8 Å². The predicted molar refractivity (Wildman–Crippen MR) is 180 cm³/mol. The second kappa shape index (κ2) is 13.5. The van der Waals surface area contributed by atoms with E-state index in [9.17, 15) is 36.4 Å². The van der Waals surface area contributed by atoms with Crippen molar-refractivity contribution < 1.29 is 26.4 Å². The number of nitriles is 1. The Hall–Kier alpha value is -4.51. The molecule has 0 spiro atoms. The van der Waals surface area contributed by atoms with Crippen LogP contribution < -0.4 is 20.1 Å². The van der Waals surface area contributed by atoms with Gasteiger partial charge in [-0.15, -0.1) is 11.3 Å². The van der Waals surface area contributed by atoms with Gasteiger partial charge in [0.1, 0.15) is 10.7 Å². The average molecular weight is 695 g/mol. The van der Waals surface area contributed by atoms with Crippen LogP contribution >= 0.6 is 11.3 Å². The molecule has 8 nitrogen and oxygen atoms in total. The maximum Gasteiger partial charge on any atom is 0.416 e. The molecule has 0 aliphatic carbocycles. The molecular weight excluding hydrogens is 662 g/mol. The monoisotopic (exact) mass is 694 g/mol. The molecule has 1 fully saturated rings. The summed E-state index contributed by atoms with van der Waals surface area (Å²) < 4.78 is 69.7. The lowest BCUT2D eigenvalue weighted by atomic mass is 9.87. The fourth-order valence-corrected chi connectivity index (χ4v) is 7.98. The molecule has 3 aromatic carbocycles. The Bertz CT molecular complexity index is 2190. The van der Waals surface area contributed by atoms with Crippen LogP contribution in [-0.2, 0) is 26.4 Å². The number of rotatable bonds is 6. The van der Waals surface area contributed by atoms with Crippen molar-refractivity contribution in [3.63, 3.8) is 0 Å². The van der Waals surface area contributed by atoms with Crippen LogP contribution in [0.2, 0.25) is 0 Å². The highest BCUT2D eigenvalue weighted by atomic mass is 32.2. The number of carbonyl (C=O) groups excluding carboxylic acids is 1. The molecule has 13 heteroatoms. The topological polar surface area (TPSA) is 112 Å². The van der Waals surface area contributed by atoms with Gasteiger partial charge in [-0.3, -0.25) is 14.2 Å². The van der Waals surface area contributed by atoms with Gasteiger partial charge in [-0.25, -0.2) is 8.42 Å². The Morgan fingerprint density at radius 1 is 0.938 bits per heavy atom. The first kappa shape index (κ1) is 34.8. The van der Waals surface area contributed by atoms with Crippen molar-refractivity contribution in [3.05, 3.63) is 109 Å². The summed E-state index contributed by atoms with van der Waals surface area (Å²) in [5.74, 6) is -0.965. The quantitative estimate of drug-likeness (QED) is 0.285. The third-order valence-electron chi connectivity index (χ3n) is 7.93. The molecule has 2 heterocycles.